The second-order valence-corrected chi connectivity index (χ2v) is 9.21. The standard InChI is InChI=1S/C27H30N4O3S/c1-19(20(2)34-26-7-4-5-14-28-26)33-23-11-9-22(10-12-23)31-18-30-24-17-21(8-13-25(24)31)27(32)29-15-6-16-35-3/h4-5,7-14,17-20H,6,15-16H2,1-3H3,(H,29,32). The van der Waals surface area contributed by atoms with Crippen molar-refractivity contribution in [1.82, 2.24) is 19.9 Å². The highest BCUT2D eigenvalue weighted by Gasteiger charge is 2.16. The lowest BCUT2D eigenvalue weighted by Gasteiger charge is -2.22. The molecule has 4 aromatic rings. The molecule has 2 aromatic carbocycles. The molecule has 0 spiro atoms. The summed E-state index contributed by atoms with van der Waals surface area (Å²) in [6.45, 7) is 4.61. The lowest BCUT2D eigenvalue weighted by molar-refractivity contribution is 0.0746. The molecule has 0 aliphatic rings. The fourth-order valence-corrected chi connectivity index (χ4v) is 4.01. The van der Waals surface area contributed by atoms with E-state index in [1.54, 1.807) is 24.3 Å². The molecule has 2 heterocycles. The Morgan fingerprint density at radius 1 is 1.03 bits per heavy atom. The van der Waals surface area contributed by atoms with Gasteiger partial charge in [0, 0.05) is 30.1 Å². The topological polar surface area (TPSA) is 78.3 Å². The van der Waals surface area contributed by atoms with E-state index in [0.29, 0.717) is 18.0 Å². The first-order valence-electron chi connectivity index (χ1n) is 11.6. The van der Waals surface area contributed by atoms with Crippen molar-refractivity contribution in [1.29, 1.82) is 0 Å². The molecule has 7 nitrogen and oxygen atoms in total. The lowest BCUT2D eigenvalue weighted by atomic mass is 10.2. The molecule has 2 aromatic heterocycles. The van der Waals surface area contributed by atoms with Crippen molar-refractivity contribution in [2.75, 3.05) is 18.6 Å². The third-order valence-corrected chi connectivity index (χ3v) is 6.36. The van der Waals surface area contributed by atoms with Gasteiger partial charge in [-0.25, -0.2) is 9.97 Å². The summed E-state index contributed by atoms with van der Waals surface area (Å²) in [7, 11) is 0. The van der Waals surface area contributed by atoms with Crippen LogP contribution in [0.1, 0.15) is 30.6 Å². The van der Waals surface area contributed by atoms with Crippen LogP contribution in [-0.2, 0) is 0 Å². The Labute approximate surface area is 209 Å². The molecule has 35 heavy (non-hydrogen) atoms. The van der Waals surface area contributed by atoms with Crippen LogP contribution >= 0.6 is 11.8 Å². The number of imidazole rings is 1. The molecule has 1 N–H and O–H groups in total. The van der Waals surface area contributed by atoms with Crippen LogP contribution in [0.25, 0.3) is 16.7 Å². The Hall–Kier alpha value is -3.52. The summed E-state index contributed by atoms with van der Waals surface area (Å²) >= 11 is 1.78. The minimum absolute atomic E-state index is 0.0700. The number of thioether (sulfide) groups is 1. The summed E-state index contributed by atoms with van der Waals surface area (Å²) in [5, 5.41) is 2.97. The van der Waals surface area contributed by atoms with E-state index >= 15 is 0 Å². The summed E-state index contributed by atoms with van der Waals surface area (Å²) < 4.78 is 13.9. The van der Waals surface area contributed by atoms with Gasteiger partial charge in [0.15, 0.2) is 0 Å². The Kier molecular flexibility index (Phi) is 8.26. The van der Waals surface area contributed by atoms with E-state index in [2.05, 4.69) is 21.5 Å². The van der Waals surface area contributed by atoms with Crippen molar-refractivity contribution in [3.8, 4) is 17.3 Å². The van der Waals surface area contributed by atoms with Crippen LogP contribution in [-0.4, -0.2) is 51.2 Å². The first-order chi connectivity index (χ1) is 17.0. The second kappa shape index (κ2) is 11.8. The van der Waals surface area contributed by atoms with E-state index < -0.39 is 0 Å². The van der Waals surface area contributed by atoms with E-state index in [9.17, 15) is 4.79 Å². The number of benzene rings is 2. The van der Waals surface area contributed by atoms with Crippen molar-refractivity contribution in [2.24, 2.45) is 0 Å². The predicted octanol–water partition coefficient (Wildman–Crippen LogP) is 5.14. The molecule has 2 unspecified atom stereocenters. The maximum Gasteiger partial charge on any atom is 0.251 e. The number of nitrogens with one attached hydrogen (secondary N) is 1. The molecule has 0 saturated carbocycles. The number of carbonyl (C=O) groups excluding carboxylic acids is 1. The largest absolute Gasteiger partial charge is 0.487 e. The molecule has 0 aliphatic carbocycles. The van der Waals surface area contributed by atoms with Crippen LogP contribution in [0.15, 0.2) is 73.2 Å². The molecule has 0 saturated heterocycles. The average Bonchev–Trinajstić information content (AvgIpc) is 3.31. The molecule has 4 rings (SSSR count). The average molecular weight is 491 g/mol. The number of pyridine rings is 1. The van der Waals surface area contributed by atoms with E-state index in [1.165, 1.54) is 0 Å². The Bertz CT molecular complexity index is 1240. The van der Waals surface area contributed by atoms with Gasteiger partial charge in [0.1, 0.15) is 24.3 Å². The highest BCUT2D eigenvalue weighted by Crippen LogP contribution is 2.23. The van der Waals surface area contributed by atoms with Crippen LogP contribution in [0.3, 0.4) is 0 Å². The summed E-state index contributed by atoms with van der Waals surface area (Å²) in [4.78, 5) is 21.1. The molecular formula is C27H30N4O3S. The number of amides is 1. The summed E-state index contributed by atoms with van der Waals surface area (Å²) in [6, 6.07) is 19.0. The molecule has 1 amide bonds. The smallest absolute Gasteiger partial charge is 0.251 e. The van der Waals surface area contributed by atoms with Gasteiger partial charge in [-0.15, -0.1) is 0 Å². The molecular weight excluding hydrogens is 460 g/mol. The molecule has 0 aliphatic heterocycles. The van der Waals surface area contributed by atoms with E-state index in [-0.39, 0.29) is 18.1 Å². The zero-order valence-corrected chi connectivity index (χ0v) is 21.0. The Morgan fingerprint density at radius 3 is 2.57 bits per heavy atom. The van der Waals surface area contributed by atoms with Crippen molar-refractivity contribution in [2.45, 2.75) is 32.5 Å². The maximum absolute atomic E-state index is 12.4. The van der Waals surface area contributed by atoms with Crippen molar-refractivity contribution in [3.63, 3.8) is 0 Å². The van der Waals surface area contributed by atoms with Crippen LogP contribution < -0.4 is 14.8 Å². The number of fused-ring (bicyclic) bond motifs is 1. The molecule has 8 heteroatoms. The van der Waals surface area contributed by atoms with Crippen LogP contribution in [0.5, 0.6) is 11.6 Å². The SMILES string of the molecule is CSCCCNC(=O)c1ccc2c(c1)ncn2-c1ccc(OC(C)C(C)Oc2ccccn2)cc1. The number of nitrogens with zero attached hydrogens (tertiary/aromatic N) is 3. The monoisotopic (exact) mass is 490 g/mol. The van der Waals surface area contributed by atoms with Gasteiger partial charge in [0.2, 0.25) is 5.88 Å². The summed E-state index contributed by atoms with van der Waals surface area (Å²) in [6.07, 6.45) is 6.16. The van der Waals surface area contributed by atoms with Gasteiger partial charge in [-0.1, -0.05) is 6.07 Å². The minimum Gasteiger partial charge on any atom is -0.487 e. The summed E-state index contributed by atoms with van der Waals surface area (Å²) in [5.74, 6) is 2.29. The third kappa shape index (κ3) is 6.33. The second-order valence-electron chi connectivity index (χ2n) is 8.23. The van der Waals surface area contributed by atoms with Crippen LogP contribution in [0.4, 0.5) is 0 Å². The minimum atomic E-state index is -0.168. The van der Waals surface area contributed by atoms with E-state index in [4.69, 9.17) is 9.47 Å². The quantitative estimate of drug-likeness (QED) is 0.293. The normalized spacial score (nSPS) is 12.8. The highest BCUT2D eigenvalue weighted by molar-refractivity contribution is 7.98. The van der Waals surface area contributed by atoms with Gasteiger partial charge in [-0.3, -0.25) is 9.36 Å². The Balaban J connectivity index is 1.40. The number of ether oxygens (including phenoxy) is 2. The zero-order valence-electron chi connectivity index (χ0n) is 20.2. The van der Waals surface area contributed by atoms with Gasteiger partial charge in [0.05, 0.1) is 11.0 Å². The van der Waals surface area contributed by atoms with Crippen molar-refractivity contribution < 1.29 is 14.3 Å². The highest BCUT2D eigenvalue weighted by atomic mass is 32.2. The lowest BCUT2D eigenvalue weighted by Crippen LogP contribution is -2.31. The fraction of sp³-hybridized carbons (Fsp3) is 0.296. The molecule has 2 atom stereocenters. The zero-order chi connectivity index (χ0) is 24.6. The number of rotatable bonds is 11. The van der Waals surface area contributed by atoms with Gasteiger partial charge in [-0.05, 0) is 80.8 Å². The van der Waals surface area contributed by atoms with Crippen molar-refractivity contribution in [3.05, 3.63) is 78.8 Å². The van der Waals surface area contributed by atoms with Gasteiger partial charge < -0.3 is 14.8 Å². The van der Waals surface area contributed by atoms with E-state index in [0.717, 1.165) is 34.6 Å². The van der Waals surface area contributed by atoms with Gasteiger partial charge >= 0.3 is 0 Å². The molecule has 0 fully saturated rings. The first kappa shape index (κ1) is 24.6. The maximum atomic E-state index is 12.4. The number of hydrogen-bond donors (Lipinski definition) is 1. The fourth-order valence-electron chi connectivity index (χ4n) is 3.58. The van der Waals surface area contributed by atoms with Gasteiger partial charge in [0.25, 0.3) is 5.91 Å². The number of hydrogen-bond acceptors (Lipinski definition) is 6. The number of aromatic nitrogens is 3. The first-order valence-corrected chi connectivity index (χ1v) is 13.0. The third-order valence-electron chi connectivity index (χ3n) is 5.66. The van der Waals surface area contributed by atoms with Gasteiger partial charge in [-0.2, -0.15) is 11.8 Å². The summed E-state index contributed by atoms with van der Waals surface area (Å²) in [5.41, 5.74) is 3.28. The van der Waals surface area contributed by atoms with Crippen molar-refractivity contribution >= 4 is 28.7 Å². The van der Waals surface area contributed by atoms with Crippen LogP contribution in [0, 0.1) is 0 Å². The van der Waals surface area contributed by atoms with E-state index in [1.807, 2.05) is 79.1 Å². The molecule has 182 valence electrons. The molecule has 0 radical (unpaired) electrons. The predicted molar refractivity (Wildman–Crippen MR) is 141 cm³/mol. The number of carbonyl (C=O) groups is 1. The molecule has 0 bridgehead atoms. The van der Waals surface area contributed by atoms with Crippen LogP contribution in [0.2, 0.25) is 0 Å². The Morgan fingerprint density at radius 2 is 1.83 bits per heavy atom.